The molecule has 1 aliphatic rings. The fourth-order valence-electron chi connectivity index (χ4n) is 2.77. The minimum atomic E-state index is -0.385. The van der Waals surface area contributed by atoms with E-state index >= 15 is 0 Å². The van der Waals surface area contributed by atoms with Crippen molar-refractivity contribution in [3.8, 4) is 0 Å². The molecule has 2 amide bonds. The van der Waals surface area contributed by atoms with Crippen LogP contribution in [0.15, 0.2) is 18.2 Å². The summed E-state index contributed by atoms with van der Waals surface area (Å²) in [6, 6.07) is 6.37. The first kappa shape index (κ1) is 14.9. The van der Waals surface area contributed by atoms with Gasteiger partial charge in [-0.1, -0.05) is 30.7 Å². The normalized spacial score (nSPS) is 22.2. The second-order valence-corrected chi connectivity index (χ2v) is 5.90. The monoisotopic (exact) mass is 276 g/mol. The number of aliphatic hydroxyl groups is 1. The molecule has 3 N–H and O–H groups in total. The molecule has 1 aromatic carbocycles. The number of hydrogen-bond donors (Lipinski definition) is 3. The van der Waals surface area contributed by atoms with Crippen molar-refractivity contribution >= 4 is 6.03 Å². The summed E-state index contributed by atoms with van der Waals surface area (Å²) in [7, 11) is 0. The van der Waals surface area contributed by atoms with Gasteiger partial charge < -0.3 is 15.7 Å². The Morgan fingerprint density at radius 1 is 1.50 bits per heavy atom. The standard InChI is InChI=1S/C16H24N2O2/c1-10-4-5-13-9-11(2)15(14(13)8-10)18-16(20)17-7-6-12(3)19/h4-5,8,11-12,15,19H,6-7,9H2,1-3H3,(H2,17,18,20). The molecule has 20 heavy (non-hydrogen) atoms. The molecule has 0 spiro atoms. The summed E-state index contributed by atoms with van der Waals surface area (Å²) in [5, 5.41) is 15.0. The second kappa shape index (κ2) is 6.27. The van der Waals surface area contributed by atoms with Gasteiger partial charge in [-0.25, -0.2) is 4.79 Å². The molecule has 0 radical (unpaired) electrons. The van der Waals surface area contributed by atoms with Crippen LogP contribution in [-0.4, -0.2) is 23.8 Å². The number of hydrogen-bond acceptors (Lipinski definition) is 2. The predicted molar refractivity (Wildman–Crippen MR) is 79.6 cm³/mol. The fraction of sp³-hybridized carbons (Fsp3) is 0.562. The molecule has 1 aliphatic carbocycles. The molecular formula is C16H24N2O2. The van der Waals surface area contributed by atoms with Gasteiger partial charge in [0, 0.05) is 6.54 Å². The largest absolute Gasteiger partial charge is 0.393 e. The number of benzene rings is 1. The molecule has 0 saturated heterocycles. The lowest BCUT2D eigenvalue weighted by molar-refractivity contribution is 0.183. The summed E-state index contributed by atoms with van der Waals surface area (Å²) in [6.45, 7) is 6.45. The van der Waals surface area contributed by atoms with Gasteiger partial charge >= 0.3 is 6.03 Å². The van der Waals surface area contributed by atoms with Crippen LogP contribution in [0.5, 0.6) is 0 Å². The van der Waals surface area contributed by atoms with Gasteiger partial charge in [-0.15, -0.1) is 0 Å². The Balaban J connectivity index is 1.96. The molecule has 3 unspecified atom stereocenters. The van der Waals surface area contributed by atoms with Crippen LogP contribution in [0.2, 0.25) is 0 Å². The topological polar surface area (TPSA) is 61.4 Å². The van der Waals surface area contributed by atoms with Gasteiger partial charge in [-0.05, 0) is 43.7 Å². The van der Waals surface area contributed by atoms with Gasteiger partial charge in [0.15, 0.2) is 0 Å². The minimum absolute atomic E-state index is 0.0800. The van der Waals surface area contributed by atoms with E-state index in [9.17, 15) is 9.90 Å². The smallest absolute Gasteiger partial charge is 0.315 e. The number of amides is 2. The van der Waals surface area contributed by atoms with Gasteiger partial charge in [0.2, 0.25) is 0 Å². The summed E-state index contributed by atoms with van der Waals surface area (Å²) in [5.41, 5.74) is 3.79. The van der Waals surface area contributed by atoms with E-state index in [4.69, 9.17) is 0 Å². The highest BCUT2D eigenvalue weighted by molar-refractivity contribution is 5.74. The summed E-state index contributed by atoms with van der Waals surface area (Å²) in [4.78, 5) is 11.9. The highest BCUT2D eigenvalue weighted by atomic mass is 16.3. The molecule has 110 valence electrons. The van der Waals surface area contributed by atoms with Crippen LogP contribution in [0.3, 0.4) is 0 Å². The molecule has 0 aromatic heterocycles. The summed E-state index contributed by atoms with van der Waals surface area (Å²) < 4.78 is 0. The zero-order chi connectivity index (χ0) is 14.7. The minimum Gasteiger partial charge on any atom is -0.393 e. The first-order valence-corrected chi connectivity index (χ1v) is 7.29. The average Bonchev–Trinajstić information content (AvgIpc) is 2.65. The Bertz CT molecular complexity index is 485. The van der Waals surface area contributed by atoms with Gasteiger partial charge in [-0.3, -0.25) is 0 Å². The highest BCUT2D eigenvalue weighted by Crippen LogP contribution is 2.36. The first-order chi connectivity index (χ1) is 9.47. The molecule has 2 rings (SSSR count). The molecule has 0 heterocycles. The average molecular weight is 276 g/mol. The van der Waals surface area contributed by atoms with Gasteiger partial charge in [0.1, 0.15) is 0 Å². The van der Waals surface area contributed by atoms with Crippen molar-refractivity contribution in [2.45, 2.75) is 45.8 Å². The molecular weight excluding hydrogens is 252 g/mol. The molecule has 3 atom stereocenters. The Labute approximate surface area is 120 Å². The van der Waals surface area contributed by atoms with E-state index in [2.05, 4.69) is 42.7 Å². The van der Waals surface area contributed by atoms with Gasteiger partial charge in [0.05, 0.1) is 12.1 Å². The summed E-state index contributed by atoms with van der Waals surface area (Å²) in [6.07, 6.45) is 1.20. The number of urea groups is 1. The van der Waals surface area contributed by atoms with Crippen LogP contribution in [0, 0.1) is 12.8 Å². The Hall–Kier alpha value is -1.55. The van der Waals surface area contributed by atoms with E-state index in [0.717, 1.165) is 6.42 Å². The Morgan fingerprint density at radius 2 is 2.25 bits per heavy atom. The van der Waals surface area contributed by atoms with E-state index in [-0.39, 0.29) is 18.2 Å². The van der Waals surface area contributed by atoms with Crippen molar-refractivity contribution < 1.29 is 9.90 Å². The molecule has 4 heteroatoms. The zero-order valence-electron chi connectivity index (χ0n) is 12.4. The van der Waals surface area contributed by atoms with Crippen LogP contribution < -0.4 is 10.6 Å². The van der Waals surface area contributed by atoms with Crippen molar-refractivity contribution in [1.29, 1.82) is 0 Å². The quantitative estimate of drug-likeness (QED) is 0.790. The van der Waals surface area contributed by atoms with Crippen LogP contribution in [0.25, 0.3) is 0 Å². The van der Waals surface area contributed by atoms with Gasteiger partial charge in [-0.2, -0.15) is 0 Å². The van der Waals surface area contributed by atoms with E-state index in [1.165, 1.54) is 16.7 Å². The van der Waals surface area contributed by atoms with Crippen LogP contribution in [0.1, 0.15) is 43.0 Å². The van der Waals surface area contributed by atoms with Crippen molar-refractivity contribution in [1.82, 2.24) is 10.6 Å². The van der Waals surface area contributed by atoms with Crippen molar-refractivity contribution in [3.05, 3.63) is 34.9 Å². The number of fused-ring (bicyclic) bond motifs is 1. The molecule has 0 bridgehead atoms. The highest BCUT2D eigenvalue weighted by Gasteiger charge is 2.30. The second-order valence-electron chi connectivity index (χ2n) is 5.90. The lowest BCUT2D eigenvalue weighted by Gasteiger charge is -2.19. The van der Waals surface area contributed by atoms with Crippen molar-refractivity contribution in [2.24, 2.45) is 5.92 Å². The number of rotatable bonds is 4. The Morgan fingerprint density at radius 3 is 2.95 bits per heavy atom. The summed E-state index contributed by atoms with van der Waals surface area (Å²) >= 11 is 0. The Kier molecular flexibility index (Phi) is 4.65. The molecule has 0 saturated carbocycles. The molecule has 0 aliphatic heterocycles. The third-order valence-electron chi connectivity index (χ3n) is 3.88. The van der Waals surface area contributed by atoms with Crippen molar-refractivity contribution in [3.63, 3.8) is 0 Å². The SMILES string of the molecule is Cc1ccc2c(c1)C(NC(=O)NCCC(C)O)C(C)C2. The molecule has 4 nitrogen and oxygen atoms in total. The van der Waals surface area contributed by atoms with Crippen LogP contribution in [0.4, 0.5) is 4.79 Å². The number of carbonyl (C=O) groups excluding carboxylic acids is 1. The fourth-order valence-corrected chi connectivity index (χ4v) is 2.77. The number of aliphatic hydroxyl groups excluding tert-OH is 1. The third kappa shape index (κ3) is 3.51. The van der Waals surface area contributed by atoms with E-state index in [1.54, 1.807) is 6.92 Å². The third-order valence-corrected chi connectivity index (χ3v) is 3.88. The van der Waals surface area contributed by atoms with E-state index < -0.39 is 0 Å². The number of nitrogens with one attached hydrogen (secondary N) is 2. The van der Waals surface area contributed by atoms with Crippen LogP contribution in [-0.2, 0) is 6.42 Å². The maximum absolute atomic E-state index is 11.9. The maximum Gasteiger partial charge on any atom is 0.315 e. The van der Waals surface area contributed by atoms with E-state index in [1.807, 2.05) is 0 Å². The lowest BCUT2D eigenvalue weighted by Crippen LogP contribution is -2.40. The van der Waals surface area contributed by atoms with E-state index in [0.29, 0.717) is 18.9 Å². The lowest BCUT2D eigenvalue weighted by atomic mass is 10.0. The van der Waals surface area contributed by atoms with Crippen molar-refractivity contribution in [2.75, 3.05) is 6.54 Å². The molecule has 0 fully saturated rings. The molecule has 1 aromatic rings. The van der Waals surface area contributed by atoms with Gasteiger partial charge in [0.25, 0.3) is 0 Å². The predicted octanol–water partition coefficient (Wildman–Crippen LogP) is 2.30. The number of carbonyl (C=O) groups is 1. The number of aryl methyl sites for hydroxylation is 1. The summed E-state index contributed by atoms with van der Waals surface area (Å²) in [5.74, 6) is 0.411. The maximum atomic E-state index is 11.9. The first-order valence-electron chi connectivity index (χ1n) is 7.29. The zero-order valence-corrected chi connectivity index (χ0v) is 12.4. The van der Waals surface area contributed by atoms with Crippen LogP contribution >= 0.6 is 0 Å².